The van der Waals surface area contributed by atoms with Crippen LogP contribution < -0.4 is 21.5 Å². The van der Waals surface area contributed by atoms with Crippen LogP contribution in [0, 0.1) is 17.2 Å². The zero-order valence-electron chi connectivity index (χ0n) is 13.8. The Bertz CT molecular complexity index is 837. The minimum atomic E-state index is -0.527. The highest BCUT2D eigenvalue weighted by Crippen LogP contribution is 2.30. The van der Waals surface area contributed by atoms with E-state index in [2.05, 4.69) is 23.6 Å². The van der Waals surface area contributed by atoms with Crippen LogP contribution in [0.2, 0.25) is 0 Å². The Morgan fingerprint density at radius 1 is 1.08 bits per heavy atom. The van der Waals surface area contributed by atoms with E-state index in [9.17, 15) is 9.59 Å². The van der Waals surface area contributed by atoms with E-state index in [0.717, 1.165) is 12.8 Å². The lowest BCUT2D eigenvalue weighted by Gasteiger charge is -2.29. The van der Waals surface area contributed by atoms with Gasteiger partial charge in [-0.25, -0.2) is 0 Å². The van der Waals surface area contributed by atoms with Crippen molar-refractivity contribution in [1.29, 1.82) is 5.26 Å². The zero-order valence-corrected chi connectivity index (χ0v) is 13.8. The van der Waals surface area contributed by atoms with Gasteiger partial charge in [0.1, 0.15) is 17.4 Å². The Kier molecular flexibility index (Phi) is 4.66. The number of hydrogen-bond acceptors (Lipinski definition) is 5. The minimum Gasteiger partial charge on any atom is -0.377 e. The van der Waals surface area contributed by atoms with Crippen LogP contribution in [0.5, 0.6) is 0 Å². The van der Waals surface area contributed by atoms with Crippen LogP contribution >= 0.6 is 0 Å². The smallest absolute Gasteiger partial charge is 0.253 e. The van der Waals surface area contributed by atoms with Crippen molar-refractivity contribution >= 4 is 17.1 Å². The van der Waals surface area contributed by atoms with Crippen LogP contribution in [0.3, 0.4) is 0 Å². The molecule has 24 heavy (non-hydrogen) atoms. The average molecular weight is 323 g/mol. The monoisotopic (exact) mass is 323 g/mol. The lowest BCUT2D eigenvalue weighted by molar-refractivity contribution is 0.328. The molecule has 0 saturated heterocycles. The van der Waals surface area contributed by atoms with Gasteiger partial charge in [-0.2, -0.15) is 5.26 Å². The number of anilines is 3. The molecule has 0 aliphatic heterocycles. The van der Waals surface area contributed by atoms with Crippen molar-refractivity contribution in [3.05, 3.63) is 50.3 Å². The van der Waals surface area contributed by atoms with Gasteiger partial charge in [0.15, 0.2) is 0 Å². The van der Waals surface area contributed by atoms with Gasteiger partial charge >= 0.3 is 0 Å². The van der Waals surface area contributed by atoms with Gasteiger partial charge in [0.25, 0.3) is 10.9 Å². The third-order valence-corrected chi connectivity index (χ3v) is 4.95. The van der Waals surface area contributed by atoms with E-state index >= 15 is 0 Å². The van der Waals surface area contributed by atoms with Crippen LogP contribution in [0.15, 0.2) is 33.9 Å². The number of benzene rings is 1. The van der Waals surface area contributed by atoms with Crippen LogP contribution in [0.25, 0.3) is 0 Å². The Balaban J connectivity index is 1.79. The van der Waals surface area contributed by atoms with E-state index in [0.29, 0.717) is 22.9 Å². The molecule has 0 heterocycles. The molecule has 2 aromatic rings. The predicted octanol–water partition coefficient (Wildman–Crippen LogP) is 3.28. The van der Waals surface area contributed by atoms with E-state index in [-0.39, 0.29) is 11.7 Å². The number of nitriles is 1. The van der Waals surface area contributed by atoms with Crippen LogP contribution in [-0.4, -0.2) is 6.04 Å². The van der Waals surface area contributed by atoms with Gasteiger partial charge in [0.2, 0.25) is 0 Å². The summed E-state index contributed by atoms with van der Waals surface area (Å²) < 4.78 is 0. The quantitative estimate of drug-likeness (QED) is 0.825. The number of hydrogen-bond donors (Lipinski definition) is 2. The normalized spacial score (nSPS) is 16.5. The Labute approximate surface area is 141 Å². The van der Waals surface area contributed by atoms with Crippen molar-refractivity contribution in [1.82, 2.24) is 0 Å². The van der Waals surface area contributed by atoms with E-state index < -0.39 is 10.9 Å². The molecule has 0 bridgehead atoms. The second kappa shape index (κ2) is 6.88. The second-order valence-electron chi connectivity index (χ2n) is 6.52. The number of para-hydroxylation sites is 1. The van der Waals surface area contributed by atoms with Crippen molar-refractivity contribution in [2.45, 2.75) is 45.1 Å². The molecule has 1 aliphatic carbocycles. The predicted molar refractivity (Wildman–Crippen MR) is 95.5 cm³/mol. The van der Waals surface area contributed by atoms with Crippen LogP contribution in [-0.2, 0) is 0 Å². The first kappa shape index (κ1) is 16.3. The van der Waals surface area contributed by atoms with Gasteiger partial charge in [-0.1, -0.05) is 31.4 Å². The number of nitrogens with zero attached hydrogens (tertiary/aromatic N) is 1. The largest absolute Gasteiger partial charge is 0.377 e. The summed E-state index contributed by atoms with van der Waals surface area (Å²) in [4.78, 5) is 23.9. The fourth-order valence-corrected chi connectivity index (χ4v) is 3.45. The minimum absolute atomic E-state index is 0.153. The van der Waals surface area contributed by atoms with Crippen LogP contribution in [0.4, 0.5) is 17.1 Å². The lowest BCUT2D eigenvalue weighted by Crippen LogP contribution is -2.40. The first-order valence-electron chi connectivity index (χ1n) is 8.48. The van der Waals surface area contributed by atoms with Gasteiger partial charge in [-0.3, -0.25) is 9.59 Å². The second-order valence-corrected chi connectivity index (χ2v) is 6.52. The fourth-order valence-electron chi connectivity index (χ4n) is 3.45. The molecule has 124 valence electrons. The third-order valence-electron chi connectivity index (χ3n) is 4.95. The van der Waals surface area contributed by atoms with E-state index in [4.69, 9.17) is 5.26 Å². The van der Waals surface area contributed by atoms with E-state index in [1.807, 2.05) is 0 Å². The van der Waals surface area contributed by atoms with Gasteiger partial charge < -0.3 is 10.6 Å². The standard InChI is InChI=1S/C19H21N3O2/c1-12(13-7-3-2-4-8-13)21-16-17(19(24)18(16)23)22-15-10-6-5-9-14(15)11-20/h5-6,9-10,12-13,21-22H,2-4,7-8H2,1H3. The summed E-state index contributed by atoms with van der Waals surface area (Å²) in [5, 5.41) is 15.3. The van der Waals surface area contributed by atoms with Crippen LogP contribution in [0.1, 0.15) is 44.6 Å². The molecule has 3 rings (SSSR count). The summed E-state index contributed by atoms with van der Waals surface area (Å²) in [6.07, 6.45) is 6.04. The molecular formula is C19H21N3O2. The van der Waals surface area contributed by atoms with Crippen molar-refractivity contribution < 1.29 is 0 Å². The summed E-state index contributed by atoms with van der Waals surface area (Å²) in [5.41, 5.74) is 0.601. The van der Waals surface area contributed by atoms with Gasteiger partial charge in [0, 0.05) is 6.04 Å². The van der Waals surface area contributed by atoms with Gasteiger partial charge in [0.05, 0.1) is 11.3 Å². The maximum absolute atomic E-state index is 12.0. The molecule has 1 fully saturated rings. The molecule has 0 radical (unpaired) electrons. The van der Waals surface area contributed by atoms with Crippen molar-refractivity contribution in [3.63, 3.8) is 0 Å². The summed E-state index contributed by atoms with van der Waals surface area (Å²) in [6, 6.07) is 9.18. The Morgan fingerprint density at radius 3 is 2.46 bits per heavy atom. The molecule has 0 aromatic heterocycles. The van der Waals surface area contributed by atoms with E-state index in [1.165, 1.54) is 19.3 Å². The number of rotatable bonds is 5. The molecular weight excluding hydrogens is 302 g/mol. The lowest BCUT2D eigenvalue weighted by atomic mass is 9.84. The maximum Gasteiger partial charge on any atom is 0.253 e. The zero-order chi connectivity index (χ0) is 17.1. The first-order valence-corrected chi connectivity index (χ1v) is 8.48. The third kappa shape index (κ3) is 3.05. The topological polar surface area (TPSA) is 82.0 Å². The summed E-state index contributed by atoms with van der Waals surface area (Å²) in [6.45, 7) is 2.07. The molecule has 1 atom stereocenters. The molecule has 0 spiro atoms. The molecule has 1 aliphatic rings. The Hall–Kier alpha value is -2.61. The average Bonchev–Trinajstić information content (AvgIpc) is 2.65. The molecule has 2 aromatic carbocycles. The molecule has 1 unspecified atom stereocenters. The molecule has 1 saturated carbocycles. The molecule has 5 heteroatoms. The summed E-state index contributed by atoms with van der Waals surface area (Å²) in [5.74, 6) is 0.530. The maximum atomic E-state index is 12.0. The van der Waals surface area contributed by atoms with Gasteiger partial charge in [-0.05, 0) is 37.8 Å². The van der Waals surface area contributed by atoms with E-state index in [1.54, 1.807) is 24.3 Å². The van der Waals surface area contributed by atoms with Gasteiger partial charge in [-0.15, -0.1) is 0 Å². The fraction of sp³-hybridized carbons (Fsp3) is 0.421. The van der Waals surface area contributed by atoms with Crippen molar-refractivity contribution in [2.24, 2.45) is 5.92 Å². The first-order chi connectivity index (χ1) is 11.6. The highest BCUT2D eigenvalue weighted by Gasteiger charge is 2.26. The summed E-state index contributed by atoms with van der Waals surface area (Å²) in [7, 11) is 0. The Morgan fingerprint density at radius 2 is 1.75 bits per heavy atom. The SMILES string of the molecule is CC(Nc1c(Nc2ccccc2C#N)c(=O)c1=O)C1CCCCC1. The highest BCUT2D eigenvalue weighted by atomic mass is 16.2. The molecule has 5 nitrogen and oxygen atoms in total. The molecule has 0 amide bonds. The highest BCUT2D eigenvalue weighted by molar-refractivity contribution is 5.80. The van der Waals surface area contributed by atoms with Crippen molar-refractivity contribution in [3.8, 4) is 6.07 Å². The summed E-state index contributed by atoms with van der Waals surface area (Å²) >= 11 is 0. The number of nitrogens with one attached hydrogen (secondary N) is 2. The van der Waals surface area contributed by atoms with Crippen molar-refractivity contribution in [2.75, 3.05) is 10.6 Å². The molecule has 2 N–H and O–H groups in total.